The van der Waals surface area contributed by atoms with E-state index in [1.54, 1.807) is 6.92 Å². The number of nitrogens with zero attached hydrogens (tertiary/aromatic N) is 2. The minimum absolute atomic E-state index is 0.0752. The van der Waals surface area contributed by atoms with Gasteiger partial charge in [0.1, 0.15) is 10.8 Å². The maximum absolute atomic E-state index is 12.6. The number of aryl methyl sites for hydroxylation is 2. The summed E-state index contributed by atoms with van der Waals surface area (Å²) in [5, 5.41) is 11.7. The molecule has 4 rings (SSSR count). The van der Waals surface area contributed by atoms with Gasteiger partial charge in [-0.15, -0.1) is 21.5 Å². The second-order valence-electron chi connectivity index (χ2n) is 7.72. The molecule has 2 aromatic heterocycles. The number of anilines is 1. The summed E-state index contributed by atoms with van der Waals surface area (Å²) in [5.41, 5.74) is 2.76. The van der Waals surface area contributed by atoms with Gasteiger partial charge in [0, 0.05) is 4.88 Å². The average molecular weight is 502 g/mol. The van der Waals surface area contributed by atoms with Gasteiger partial charge in [-0.3, -0.25) is 4.79 Å². The van der Waals surface area contributed by atoms with Gasteiger partial charge in [-0.25, -0.2) is 4.79 Å². The lowest BCUT2D eigenvalue weighted by atomic mass is 9.95. The Hall–Kier alpha value is -2.85. The predicted octanol–water partition coefficient (Wildman–Crippen LogP) is 5.06. The highest BCUT2D eigenvalue weighted by Gasteiger charge is 2.27. The number of amides is 1. The van der Waals surface area contributed by atoms with E-state index < -0.39 is 0 Å². The molecular weight excluding hydrogens is 474 g/mol. The van der Waals surface area contributed by atoms with Crippen molar-refractivity contribution < 1.29 is 23.5 Å². The van der Waals surface area contributed by atoms with Crippen LogP contribution in [-0.4, -0.2) is 34.4 Å². The third kappa shape index (κ3) is 5.98. The van der Waals surface area contributed by atoms with E-state index >= 15 is 0 Å². The molecule has 0 atom stereocenters. The largest absolute Gasteiger partial charge is 0.484 e. The lowest BCUT2D eigenvalue weighted by Crippen LogP contribution is -2.17. The molecule has 1 amide bonds. The average Bonchev–Trinajstić information content (AvgIpc) is 3.46. The van der Waals surface area contributed by atoms with Crippen LogP contribution in [0.1, 0.15) is 58.9 Å². The molecule has 34 heavy (non-hydrogen) atoms. The number of fused-ring (bicyclic) bond motifs is 1. The van der Waals surface area contributed by atoms with E-state index in [2.05, 4.69) is 22.4 Å². The van der Waals surface area contributed by atoms with Crippen molar-refractivity contribution in [1.29, 1.82) is 0 Å². The zero-order chi connectivity index (χ0) is 23.9. The molecule has 1 aliphatic carbocycles. The summed E-state index contributed by atoms with van der Waals surface area (Å²) in [4.78, 5) is 26.3. The summed E-state index contributed by atoms with van der Waals surface area (Å²) < 4.78 is 16.5. The van der Waals surface area contributed by atoms with Gasteiger partial charge in [-0.1, -0.05) is 30.8 Å². The van der Waals surface area contributed by atoms with Crippen LogP contribution in [-0.2, 0) is 35.4 Å². The zero-order valence-corrected chi connectivity index (χ0v) is 20.9. The number of thioether (sulfide) groups is 1. The lowest BCUT2D eigenvalue weighted by Gasteiger charge is -2.12. The van der Waals surface area contributed by atoms with Crippen molar-refractivity contribution >= 4 is 40.0 Å². The van der Waals surface area contributed by atoms with E-state index in [0.29, 0.717) is 23.1 Å². The van der Waals surface area contributed by atoms with Crippen LogP contribution in [0.15, 0.2) is 33.9 Å². The van der Waals surface area contributed by atoms with Crippen LogP contribution in [0.2, 0.25) is 0 Å². The summed E-state index contributed by atoms with van der Waals surface area (Å²) in [7, 11) is 0. The highest BCUT2D eigenvalue weighted by Crippen LogP contribution is 2.38. The van der Waals surface area contributed by atoms with Gasteiger partial charge in [0.05, 0.1) is 17.9 Å². The van der Waals surface area contributed by atoms with Crippen molar-refractivity contribution in [2.45, 2.75) is 57.8 Å². The van der Waals surface area contributed by atoms with Gasteiger partial charge >= 0.3 is 5.97 Å². The number of carbonyl (C=O) groups is 2. The van der Waals surface area contributed by atoms with Crippen LogP contribution >= 0.6 is 23.1 Å². The molecule has 1 aromatic carbocycles. The third-order valence-corrected chi connectivity index (χ3v) is 7.40. The molecule has 0 unspecified atom stereocenters. The van der Waals surface area contributed by atoms with E-state index in [-0.39, 0.29) is 29.5 Å². The van der Waals surface area contributed by atoms with E-state index in [1.807, 2.05) is 24.3 Å². The quantitative estimate of drug-likeness (QED) is 0.304. The molecule has 0 aliphatic heterocycles. The molecule has 1 N–H and O–H groups in total. The van der Waals surface area contributed by atoms with Crippen LogP contribution in [0.4, 0.5) is 5.00 Å². The summed E-state index contributed by atoms with van der Waals surface area (Å²) >= 11 is 2.60. The highest BCUT2D eigenvalue weighted by atomic mass is 32.2. The van der Waals surface area contributed by atoms with Gasteiger partial charge in [0.15, 0.2) is 6.61 Å². The Morgan fingerprint density at radius 2 is 1.94 bits per heavy atom. The van der Waals surface area contributed by atoms with Crippen LogP contribution in [0.25, 0.3) is 0 Å². The Balaban J connectivity index is 1.32. The number of thiophene rings is 1. The standard InChI is InChI=1S/C24H27N3O5S2/c1-3-15-9-11-16(12-10-15)31-13-20-26-27-24(32-20)33-14-19(28)25-22-21(23(29)30-4-2)17-7-5-6-8-18(17)34-22/h9-12H,3-8,13-14H2,1-2H3,(H,25,28). The minimum atomic E-state index is -0.379. The maximum Gasteiger partial charge on any atom is 0.341 e. The number of aromatic nitrogens is 2. The fraction of sp³-hybridized carbons (Fsp3) is 0.417. The fourth-order valence-corrected chi connectivity index (χ4v) is 5.56. The normalized spacial score (nSPS) is 12.8. The van der Waals surface area contributed by atoms with Crippen LogP contribution in [0.5, 0.6) is 5.75 Å². The van der Waals surface area contributed by atoms with Gasteiger partial charge in [-0.2, -0.15) is 0 Å². The molecular formula is C24H27N3O5S2. The first-order valence-electron chi connectivity index (χ1n) is 11.4. The minimum Gasteiger partial charge on any atom is -0.484 e. The molecule has 2 heterocycles. The molecule has 3 aromatic rings. The molecule has 0 saturated carbocycles. The molecule has 0 fully saturated rings. The van der Waals surface area contributed by atoms with Crippen molar-refractivity contribution in [3.63, 3.8) is 0 Å². The molecule has 180 valence electrons. The van der Waals surface area contributed by atoms with Crippen molar-refractivity contribution in [3.8, 4) is 5.75 Å². The Kier molecular flexibility index (Phi) is 8.23. The number of hydrogen-bond donors (Lipinski definition) is 1. The van der Waals surface area contributed by atoms with Gasteiger partial charge < -0.3 is 19.2 Å². The van der Waals surface area contributed by atoms with Crippen LogP contribution in [0.3, 0.4) is 0 Å². The first-order valence-corrected chi connectivity index (χ1v) is 13.2. The van der Waals surface area contributed by atoms with Crippen LogP contribution < -0.4 is 10.1 Å². The molecule has 0 saturated heterocycles. The Bertz CT molecular complexity index is 1140. The van der Waals surface area contributed by atoms with E-state index in [4.69, 9.17) is 13.9 Å². The summed E-state index contributed by atoms with van der Waals surface area (Å²) in [5.74, 6) is 0.501. The van der Waals surface area contributed by atoms with Gasteiger partial charge in [0.25, 0.3) is 11.1 Å². The predicted molar refractivity (Wildman–Crippen MR) is 131 cm³/mol. The lowest BCUT2D eigenvalue weighted by molar-refractivity contribution is -0.113. The first kappa shape index (κ1) is 24.3. The van der Waals surface area contributed by atoms with Crippen molar-refractivity contribution in [2.24, 2.45) is 0 Å². The molecule has 10 heteroatoms. The Morgan fingerprint density at radius 3 is 2.71 bits per heavy atom. The van der Waals surface area contributed by atoms with E-state index in [1.165, 1.54) is 16.9 Å². The first-order chi connectivity index (χ1) is 16.6. The zero-order valence-electron chi connectivity index (χ0n) is 19.2. The number of nitrogens with one attached hydrogen (secondary N) is 1. The smallest absolute Gasteiger partial charge is 0.341 e. The van der Waals surface area contributed by atoms with Crippen molar-refractivity contribution in [1.82, 2.24) is 10.2 Å². The van der Waals surface area contributed by atoms with Gasteiger partial charge in [-0.05, 0) is 62.3 Å². The number of carbonyl (C=O) groups excluding carboxylic acids is 2. The monoisotopic (exact) mass is 501 g/mol. The van der Waals surface area contributed by atoms with E-state index in [0.717, 1.165) is 60.1 Å². The highest BCUT2D eigenvalue weighted by molar-refractivity contribution is 7.99. The summed E-state index contributed by atoms with van der Waals surface area (Å²) in [6, 6.07) is 7.84. The second kappa shape index (κ2) is 11.5. The van der Waals surface area contributed by atoms with Crippen LogP contribution in [0, 0.1) is 0 Å². The number of rotatable bonds is 10. The molecule has 8 nitrogen and oxygen atoms in total. The van der Waals surface area contributed by atoms with Crippen molar-refractivity contribution in [3.05, 3.63) is 51.7 Å². The molecule has 1 aliphatic rings. The third-order valence-electron chi connectivity index (χ3n) is 5.37. The number of esters is 1. The number of ether oxygens (including phenoxy) is 2. The molecule has 0 radical (unpaired) electrons. The molecule has 0 bridgehead atoms. The topological polar surface area (TPSA) is 104 Å². The second-order valence-corrected chi connectivity index (χ2v) is 9.75. The Labute approximate surface area is 206 Å². The van der Waals surface area contributed by atoms with Gasteiger partial charge in [0.2, 0.25) is 5.91 Å². The SMILES string of the molecule is CCOC(=O)c1c(NC(=O)CSc2nnc(COc3ccc(CC)cc3)o2)sc2c1CCCC2. The number of benzene rings is 1. The summed E-state index contributed by atoms with van der Waals surface area (Å²) in [6.45, 7) is 4.31. The number of hydrogen-bond acceptors (Lipinski definition) is 9. The maximum atomic E-state index is 12.6. The van der Waals surface area contributed by atoms with Crippen molar-refractivity contribution in [2.75, 3.05) is 17.7 Å². The molecule has 0 spiro atoms. The van der Waals surface area contributed by atoms with E-state index in [9.17, 15) is 9.59 Å². The fourth-order valence-electron chi connectivity index (χ4n) is 3.68. The Morgan fingerprint density at radius 1 is 1.15 bits per heavy atom. The summed E-state index contributed by atoms with van der Waals surface area (Å²) in [6.07, 6.45) is 4.85.